The van der Waals surface area contributed by atoms with Crippen LogP contribution in [0.4, 0.5) is 4.39 Å². The summed E-state index contributed by atoms with van der Waals surface area (Å²) >= 11 is 1.31. The number of hydrogen-bond acceptors (Lipinski definition) is 7. The van der Waals surface area contributed by atoms with Crippen molar-refractivity contribution >= 4 is 33.2 Å². The van der Waals surface area contributed by atoms with E-state index in [0.29, 0.717) is 17.8 Å². The summed E-state index contributed by atoms with van der Waals surface area (Å²) in [6.07, 6.45) is 5.65. The number of halogens is 1. The number of benzene rings is 1. The first-order valence-corrected chi connectivity index (χ1v) is 13.5. The number of nitrogens with zero attached hydrogens (tertiary/aromatic N) is 6. The molecule has 1 aromatic carbocycles. The molecule has 1 atom stereocenters. The van der Waals surface area contributed by atoms with Crippen LogP contribution in [-0.4, -0.2) is 56.7 Å². The van der Waals surface area contributed by atoms with E-state index < -0.39 is 15.4 Å². The fourth-order valence-electron chi connectivity index (χ4n) is 4.99. The highest BCUT2D eigenvalue weighted by Crippen LogP contribution is 2.47. The second-order valence-corrected chi connectivity index (χ2v) is 11.6. The molecule has 184 valence electrons. The van der Waals surface area contributed by atoms with Gasteiger partial charge in [-0.2, -0.15) is 14.1 Å². The van der Waals surface area contributed by atoms with Crippen LogP contribution in [0.25, 0.3) is 11.8 Å². The molecule has 0 radical (unpaired) electrons. The van der Waals surface area contributed by atoms with Crippen LogP contribution in [0.2, 0.25) is 0 Å². The Kier molecular flexibility index (Phi) is 5.24. The maximum atomic E-state index is 13.9. The number of nitrogens with one attached hydrogen (secondary N) is 1. The molecule has 0 saturated carbocycles. The van der Waals surface area contributed by atoms with Crippen LogP contribution in [0.1, 0.15) is 28.2 Å². The average molecular weight is 527 g/mol. The molecule has 3 aromatic heterocycles. The van der Waals surface area contributed by atoms with E-state index in [1.165, 1.54) is 38.7 Å². The minimum atomic E-state index is -3.93. The van der Waals surface area contributed by atoms with Crippen molar-refractivity contribution in [3.63, 3.8) is 0 Å². The lowest BCUT2D eigenvalue weighted by atomic mass is 9.65. The summed E-state index contributed by atoms with van der Waals surface area (Å²) in [6.45, 7) is 0.173. The van der Waals surface area contributed by atoms with E-state index in [9.17, 15) is 17.6 Å². The highest BCUT2D eigenvalue weighted by atomic mass is 32.2. The van der Waals surface area contributed by atoms with Crippen molar-refractivity contribution in [2.75, 3.05) is 13.1 Å². The zero-order valence-electron chi connectivity index (χ0n) is 19.1. The van der Waals surface area contributed by atoms with E-state index in [-0.39, 0.29) is 36.1 Å². The van der Waals surface area contributed by atoms with Gasteiger partial charge in [0.05, 0.1) is 33.6 Å². The molecule has 0 spiro atoms. The minimum absolute atomic E-state index is 0.0325. The zero-order chi connectivity index (χ0) is 25.1. The SMILES string of the molecule is C[n+]1cc(S(=O)(=O)N2CCC3=Cc4c(cnn4-c4ccc(F)cc4)C[C@]3(C(=O)c3cscn3)C2)n[nH]1. The lowest BCUT2D eigenvalue weighted by Gasteiger charge is -2.44. The molecule has 1 saturated heterocycles. The first kappa shape index (κ1) is 22.9. The molecule has 6 rings (SSSR count). The molecule has 2 aliphatic rings. The molecule has 13 heteroatoms. The van der Waals surface area contributed by atoms with E-state index in [2.05, 4.69) is 20.4 Å². The topological polar surface area (TPSA) is 118 Å². The highest BCUT2D eigenvalue weighted by molar-refractivity contribution is 7.89. The molecular weight excluding hydrogens is 505 g/mol. The molecule has 0 amide bonds. The molecule has 1 fully saturated rings. The number of rotatable bonds is 5. The lowest BCUT2D eigenvalue weighted by molar-refractivity contribution is -0.731. The molecule has 4 heterocycles. The normalized spacial score (nSPS) is 20.0. The summed E-state index contributed by atoms with van der Waals surface area (Å²) < 4.78 is 44.8. The largest absolute Gasteiger partial charge is 0.346 e. The van der Waals surface area contributed by atoms with Crippen molar-refractivity contribution in [3.8, 4) is 5.69 Å². The van der Waals surface area contributed by atoms with E-state index in [1.54, 1.807) is 40.9 Å². The van der Waals surface area contributed by atoms with Crippen molar-refractivity contribution in [3.05, 3.63) is 75.9 Å². The van der Waals surface area contributed by atoms with Gasteiger partial charge in [-0.1, -0.05) is 10.8 Å². The van der Waals surface area contributed by atoms with Gasteiger partial charge in [-0.05, 0) is 48.7 Å². The first-order chi connectivity index (χ1) is 17.3. The Morgan fingerprint density at radius 3 is 2.78 bits per heavy atom. The second kappa shape index (κ2) is 8.25. The lowest BCUT2D eigenvalue weighted by Crippen LogP contribution is -2.53. The molecule has 0 unspecified atom stereocenters. The van der Waals surface area contributed by atoms with Crippen LogP contribution in [0.3, 0.4) is 0 Å². The maximum absolute atomic E-state index is 13.9. The van der Waals surface area contributed by atoms with Gasteiger partial charge in [0.1, 0.15) is 18.6 Å². The maximum Gasteiger partial charge on any atom is 0.346 e. The Bertz CT molecular complexity index is 1610. The summed E-state index contributed by atoms with van der Waals surface area (Å²) in [5, 5.41) is 12.6. The van der Waals surface area contributed by atoms with E-state index in [1.807, 2.05) is 6.08 Å². The smallest absolute Gasteiger partial charge is 0.291 e. The van der Waals surface area contributed by atoms with Gasteiger partial charge in [0, 0.05) is 18.5 Å². The fourth-order valence-corrected chi connectivity index (χ4v) is 6.95. The predicted molar refractivity (Wildman–Crippen MR) is 127 cm³/mol. The number of piperidine rings is 1. The van der Waals surface area contributed by atoms with Crippen LogP contribution in [-0.2, 0) is 23.5 Å². The third kappa shape index (κ3) is 3.53. The Hall–Kier alpha value is -3.55. The number of fused-ring (bicyclic) bond motifs is 2. The monoisotopic (exact) mass is 526 g/mol. The standard InChI is InChI=1S/C23H20FN7O3S2/c1-29-11-21(27-28-29)36(33,34)30-7-6-16-8-20-15(10-26-31(20)18-4-2-17(24)3-5-18)9-23(16,13-30)22(32)19-12-35-14-25-19/h2-5,8,10-12,14H,6-7,9,13H2,1H3/p+1/t23-/m0/s1. The van der Waals surface area contributed by atoms with E-state index in [0.717, 1.165) is 16.8 Å². The molecular formula is C23H21FN7O3S2+. The zero-order valence-corrected chi connectivity index (χ0v) is 20.8. The Morgan fingerprint density at radius 2 is 2.08 bits per heavy atom. The average Bonchev–Trinajstić information content (AvgIpc) is 3.63. The number of sulfonamides is 1. The third-order valence-electron chi connectivity index (χ3n) is 6.78. The number of aromatic amines is 1. The van der Waals surface area contributed by atoms with Gasteiger partial charge in [0.25, 0.3) is 10.0 Å². The summed E-state index contributed by atoms with van der Waals surface area (Å²) in [4.78, 5) is 18.2. The fraction of sp³-hybridized carbons (Fsp3) is 0.261. The Balaban J connectivity index is 1.45. The number of hydrogen-bond donors (Lipinski definition) is 1. The summed E-state index contributed by atoms with van der Waals surface area (Å²) in [5.74, 6) is -0.562. The van der Waals surface area contributed by atoms with Crippen LogP contribution >= 0.6 is 11.3 Å². The van der Waals surface area contributed by atoms with Gasteiger partial charge < -0.3 is 0 Å². The number of H-pyrrole nitrogens is 1. The van der Waals surface area contributed by atoms with Crippen molar-refractivity contribution in [2.24, 2.45) is 12.5 Å². The molecule has 10 nitrogen and oxygen atoms in total. The van der Waals surface area contributed by atoms with Crippen molar-refractivity contribution in [1.29, 1.82) is 0 Å². The predicted octanol–water partition coefficient (Wildman–Crippen LogP) is 1.92. The summed E-state index contributed by atoms with van der Waals surface area (Å²) in [7, 11) is -2.28. The molecule has 4 aromatic rings. The highest BCUT2D eigenvalue weighted by Gasteiger charge is 2.52. The van der Waals surface area contributed by atoms with Crippen LogP contribution in [0.5, 0.6) is 0 Å². The number of Topliss-reactive ketones (excluding diaryl/α,β-unsaturated/α-hetero) is 1. The van der Waals surface area contributed by atoms with Gasteiger partial charge in [0.2, 0.25) is 0 Å². The van der Waals surface area contributed by atoms with E-state index >= 15 is 0 Å². The van der Waals surface area contributed by atoms with Gasteiger partial charge in [-0.3, -0.25) is 4.79 Å². The molecule has 1 N–H and O–H groups in total. The van der Waals surface area contributed by atoms with Gasteiger partial charge in [-0.15, -0.1) is 11.3 Å². The van der Waals surface area contributed by atoms with Crippen molar-refractivity contribution in [1.82, 2.24) is 29.4 Å². The van der Waals surface area contributed by atoms with Crippen LogP contribution in [0.15, 0.2) is 58.1 Å². The van der Waals surface area contributed by atoms with Gasteiger partial charge >= 0.3 is 5.03 Å². The number of carbonyl (C=O) groups excluding carboxylic acids is 1. The molecule has 0 bridgehead atoms. The Morgan fingerprint density at radius 1 is 1.28 bits per heavy atom. The summed E-state index contributed by atoms with van der Waals surface area (Å²) in [6, 6.07) is 6.02. The molecule has 1 aliphatic heterocycles. The van der Waals surface area contributed by atoms with Gasteiger partial charge in [-0.25, -0.2) is 22.5 Å². The second-order valence-electron chi connectivity index (χ2n) is 8.95. The summed E-state index contributed by atoms with van der Waals surface area (Å²) in [5.41, 5.74) is 3.91. The first-order valence-electron chi connectivity index (χ1n) is 11.2. The number of aryl methyl sites for hydroxylation is 1. The van der Waals surface area contributed by atoms with Crippen molar-refractivity contribution < 1.29 is 22.3 Å². The number of aromatic nitrogens is 6. The molecule has 1 aliphatic carbocycles. The molecule has 36 heavy (non-hydrogen) atoms. The number of carbonyl (C=O) groups is 1. The Labute approximate surface area is 209 Å². The minimum Gasteiger partial charge on any atom is -0.291 e. The van der Waals surface area contributed by atoms with Crippen LogP contribution < -0.4 is 4.68 Å². The van der Waals surface area contributed by atoms with Crippen molar-refractivity contribution in [2.45, 2.75) is 17.9 Å². The van der Waals surface area contributed by atoms with E-state index in [4.69, 9.17) is 0 Å². The third-order valence-corrected chi connectivity index (χ3v) is 9.08. The number of thiazole rings is 1. The number of ketones is 1. The van der Waals surface area contributed by atoms with Crippen LogP contribution in [0, 0.1) is 11.2 Å². The quantitative estimate of drug-likeness (QED) is 0.314. The van der Waals surface area contributed by atoms with Gasteiger partial charge in [0.15, 0.2) is 12.0 Å².